The van der Waals surface area contributed by atoms with Crippen molar-refractivity contribution in [2.24, 2.45) is 0 Å². The predicted molar refractivity (Wildman–Crippen MR) is 49.3 cm³/mol. The molecule has 0 aromatic heterocycles. The lowest BCUT2D eigenvalue weighted by Crippen LogP contribution is -1.78. The second kappa shape index (κ2) is 4.19. The first kappa shape index (κ1) is 8.34. The summed E-state index contributed by atoms with van der Waals surface area (Å²) in [5.41, 5.74) is 0.613. The highest BCUT2D eigenvalue weighted by Crippen LogP contribution is 2.07. The fourth-order valence-corrected chi connectivity index (χ4v) is 0.895. The molecule has 1 aromatic rings. The fourth-order valence-electron chi connectivity index (χ4n) is 0.790. The van der Waals surface area contributed by atoms with Crippen molar-refractivity contribution >= 4 is 18.7 Å². The topological polar surface area (TPSA) is 0 Å². The largest absolute Gasteiger partial charge is 0.206 e. The van der Waals surface area contributed by atoms with Gasteiger partial charge in [-0.25, -0.2) is 4.39 Å². The third-order valence-corrected chi connectivity index (χ3v) is 1.52. The molecule has 0 atom stereocenters. The van der Waals surface area contributed by atoms with Crippen molar-refractivity contribution in [2.45, 2.75) is 0 Å². The molecule has 0 aliphatic heterocycles. The molecule has 0 heterocycles. The molecule has 0 amide bonds. The molecule has 0 saturated heterocycles. The van der Waals surface area contributed by atoms with Gasteiger partial charge in [0.1, 0.15) is 5.82 Å². The minimum Gasteiger partial charge on any atom is -0.206 e. The number of benzene rings is 1. The summed E-state index contributed by atoms with van der Waals surface area (Å²) in [5, 5.41) is 0. The monoisotopic (exact) mass is 168 g/mol. The molecule has 0 N–H and O–H groups in total. The van der Waals surface area contributed by atoms with E-state index < -0.39 is 0 Å². The van der Waals surface area contributed by atoms with Gasteiger partial charge in [0, 0.05) is 11.3 Å². The maximum Gasteiger partial charge on any atom is 0.130 e. The molecule has 0 unspecified atom stereocenters. The van der Waals surface area contributed by atoms with Crippen molar-refractivity contribution in [1.29, 1.82) is 0 Å². The van der Waals surface area contributed by atoms with Crippen molar-refractivity contribution in [1.82, 2.24) is 0 Å². The van der Waals surface area contributed by atoms with Gasteiger partial charge in [-0.3, -0.25) is 0 Å². The standard InChI is InChI=1S/C9H9FS/c10-9-6-2-1-4-8(9)5-3-7-11/h1-6,11H,7H2. The van der Waals surface area contributed by atoms with Crippen molar-refractivity contribution < 1.29 is 4.39 Å². The van der Waals surface area contributed by atoms with Gasteiger partial charge in [-0.05, 0) is 6.07 Å². The highest BCUT2D eigenvalue weighted by Gasteiger charge is 1.92. The fraction of sp³-hybridized carbons (Fsp3) is 0.111. The molecule has 0 aliphatic rings. The van der Waals surface area contributed by atoms with Gasteiger partial charge in [-0.2, -0.15) is 12.6 Å². The number of hydrogen-bond donors (Lipinski definition) is 1. The van der Waals surface area contributed by atoms with Crippen LogP contribution in [0.4, 0.5) is 4.39 Å². The van der Waals surface area contributed by atoms with E-state index in [9.17, 15) is 4.39 Å². The van der Waals surface area contributed by atoms with Gasteiger partial charge in [-0.1, -0.05) is 30.4 Å². The zero-order valence-electron chi connectivity index (χ0n) is 6.00. The number of rotatable bonds is 2. The van der Waals surface area contributed by atoms with E-state index in [2.05, 4.69) is 12.6 Å². The minimum absolute atomic E-state index is 0.189. The van der Waals surface area contributed by atoms with Gasteiger partial charge in [0.15, 0.2) is 0 Å². The summed E-state index contributed by atoms with van der Waals surface area (Å²) in [6.45, 7) is 0. The lowest BCUT2D eigenvalue weighted by Gasteiger charge is -1.93. The third-order valence-electron chi connectivity index (χ3n) is 1.31. The lowest BCUT2D eigenvalue weighted by atomic mass is 10.2. The van der Waals surface area contributed by atoms with E-state index in [4.69, 9.17) is 0 Å². The molecule has 11 heavy (non-hydrogen) atoms. The Morgan fingerprint density at radius 2 is 2.09 bits per heavy atom. The summed E-state index contributed by atoms with van der Waals surface area (Å²) in [4.78, 5) is 0. The smallest absolute Gasteiger partial charge is 0.130 e. The van der Waals surface area contributed by atoms with Crippen LogP contribution < -0.4 is 0 Å². The second-order valence-electron chi connectivity index (χ2n) is 2.11. The zero-order valence-corrected chi connectivity index (χ0v) is 6.89. The van der Waals surface area contributed by atoms with Crippen LogP contribution in [-0.4, -0.2) is 5.75 Å². The highest BCUT2D eigenvalue weighted by atomic mass is 32.1. The SMILES string of the molecule is Fc1ccccc1C=CCS. The Morgan fingerprint density at radius 3 is 2.73 bits per heavy atom. The van der Waals surface area contributed by atoms with Crippen LogP contribution in [0.3, 0.4) is 0 Å². The Morgan fingerprint density at radius 1 is 1.36 bits per heavy atom. The molecule has 0 spiro atoms. The van der Waals surface area contributed by atoms with E-state index in [1.807, 2.05) is 6.08 Å². The minimum atomic E-state index is -0.189. The van der Waals surface area contributed by atoms with Crippen LogP contribution in [-0.2, 0) is 0 Å². The van der Waals surface area contributed by atoms with Crippen LogP contribution >= 0.6 is 12.6 Å². The molecule has 58 valence electrons. The molecule has 1 rings (SSSR count). The van der Waals surface area contributed by atoms with Crippen molar-refractivity contribution in [3.63, 3.8) is 0 Å². The molecule has 0 radical (unpaired) electrons. The Kier molecular flexibility index (Phi) is 3.17. The Bertz CT molecular complexity index is 255. The third kappa shape index (κ3) is 2.39. The summed E-state index contributed by atoms with van der Waals surface area (Å²) in [6, 6.07) is 6.65. The van der Waals surface area contributed by atoms with E-state index in [1.54, 1.807) is 24.3 Å². The Hall–Kier alpha value is -0.760. The number of thiol groups is 1. The molecule has 0 nitrogen and oxygen atoms in total. The van der Waals surface area contributed by atoms with E-state index in [0.29, 0.717) is 11.3 Å². The van der Waals surface area contributed by atoms with Crippen LogP contribution in [0.2, 0.25) is 0 Å². The first-order valence-corrected chi connectivity index (χ1v) is 4.00. The van der Waals surface area contributed by atoms with Gasteiger partial charge in [0.25, 0.3) is 0 Å². The lowest BCUT2D eigenvalue weighted by molar-refractivity contribution is 0.625. The summed E-state index contributed by atoms with van der Waals surface area (Å²) in [5.74, 6) is 0.444. The quantitative estimate of drug-likeness (QED) is 0.645. The predicted octanol–water partition coefficient (Wildman–Crippen LogP) is 2.77. The molecule has 0 saturated carbocycles. The summed E-state index contributed by atoms with van der Waals surface area (Å²) in [7, 11) is 0. The second-order valence-corrected chi connectivity index (χ2v) is 2.47. The first-order chi connectivity index (χ1) is 5.34. The van der Waals surface area contributed by atoms with Gasteiger partial charge in [-0.15, -0.1) is 0 Å². The summed E-state index contributed by atoms with van der Waals surface area (Å²) in [6.07, 6.45) is 3.53. The van der Waals surface area contributed by atoms with Gasteiger partial charge >= 0.3 is 0 Å². The molecule has 0 fully saturated rings. The summed E-state index contributed by atoms with van der Waals surface area (Å²) >= 11 is 3.98. The van der Waals surface area contributed by atoms with Crippen LogP contribution in [0.25, 0.3) is 6.08 Å². The summed E-state index contributed by atoms with van der Waals surface area (Å²) < 4.78 is 12.8. The molecule has 2 heteroatoms. The van der Waals surface area contributed by atoms with E-state index in [0.717, 1.165) is 0 Å². The molecule has 1 aromatic carbocycles. The van der Waals surface area contributed by atoms with E-state index in [1.165, 1.54) is 6.07 Å². The van der Waals surface area contributed by atoms with Crippen LogP contribution in [0, 0.1) is 5.82 Å². The Labute approximate surface area is 71.2 Å². The average molecular weight is 168 g/mol. The van der Waals surface area contributed by atoms with Crippen molar-refractivity contribution in [2.75, 3.05) is 5.75 Å². The maximum atomic E-state index is 12.8. The average Bonchev–Trinajstić information content (AvgIpc) is 2.03. The van der Waals surface area contributed by atoms with E-state index in [-0.39, 0.29) is 5.82 Å². The molecular formula is C9H9FS. The van der Waals surface area contributed by atoms with Gasteiger partial charge in [0.05, 0.1) is 0 Å². The van der Waals surface area contributed by atoms with Gasteiger partial charge < -0.3 is 0 Å². The van der Waals surface area contributed by atoms with Crippen molar-refractivity contribution in [3.05, 3.63) is 41.7 Å². The number of halogens is 1. The maximum absolute atomic E-state index is 12.8. The molecule has 0 aliphatic carbocycles. The van der Waals surface area contributed by atoms with Gasteiger partial charge in [0.2, 0.25) is 0 Å². The highest BCUT2D eigenvalue weighted by molar-refractivity contribution is 7.80. The van der Waals surface area contributed by atoms with Crippen LogP contribution in [0.15, 0.2) is 30.3 Å². The number of hydrogen-bond acceptors (Lipinski definition) is 1. The zero-order chi connectivity index (χ0) is 8.10. The van der Waals surface area contributed by atoms with Crippen LogP contribution in [0.5, 0.6) is 0 Å². The normalized spacial score (nSPS) is 10.7. The Balaban J connectivity index is 2.86. The molecular weight excluding hydrogens is 159 g/mol. The molecule has 0 bridgehead atoms. The van der Waals surface area contributed by atoms with Crippen molar-refractivity contribution in [3.8, 4) is 0 Å². The van der Waals surface area contributed by atoms with E-state index >= 15 is 0 Å². The van der Waals surface area contributed by atoms with Crippen LogP contribution in [0.1, 0.15) is 5.56 Å². The first-order valence-electron chi connectivity index (χ1n) is 3.36.